The Morgan fingerprint density at radius 2 is 1.71 bits per heavy atom. The number of nitrogens with zero attached hydrogens (tertiary/aromatic N) is 1. The molecule has 2 aromatic carbocycles. The van der Waals surface area contributed by atoms with E-state index in [-0.39, 0.29) is 24.5 Å². The summed E-state index contributed by atoms with van der Waals surface area (Å²) >= 11 is 5.84. The number of ether oxygens (including phenoxy) is 1. The molecule has 0 spiro atoms. The molecule has 2 amide bonds. The summed E-state index contributed by atoms with van der Waals surface area (Å²) in [4.78, 5) is 24.3. The van der Waals surface area contributed by atoms with Gasteiger partial charge in [0, 0.05) is 18.1 Å². The molecule has 2 aromatic rings. The van der Waals surface area contributed by atoms with Crippen LogP contribution in [0.2, 0.25) is 5.02 Å². The Hall–Kier alpha value is -2.46. The largest absolute Gasteiger partial charge is 0.360 e. The molecular formula is C21H24ClN3O5S. The van der Waals surface area contributed by atoms with E-state index in [0.29, 0.717) is 24.5 Å². The van der Waals surface area contributed by atoms with Crippen molar-refractivity contribution in [2.75, 3.05) is 26.2 Å². The zero-order valence-corrected chi connectivity index (χ0v) is 18.4. The van der Waals surface area contributed by atoms with E-state index in [1.165, 1.54) is 16.4 Å². The number of rotatable bonds is 7. The fraction of sp³-hybridized carbons (Fsp3) is 0.333. The monoisotopic (exact) mass is 465 g/mol. The Labute approximate surface area is 186 Å². The Bertz CT molecular complexity index is 999. The second-order valence-electron chi connectivity index (χ2n) is 6.95. The Morgan fingerprint density at radius 3 is 2.42 bits per heavy atom. The van der Waals surface area contributed by atoms with Crippen LogP contribution in [0.1, 0.15) is 12.0 Å². The first-order chi connectivity index (χ1) is 14.9. The highest BCUT2D eigenvalue weighted by molar-refractivity contribution is 7.89. The average Bonchev–Trinajstić information content (AvgIpc) is 2.79. The average molecular weight is 466 g/mol. The molecule has 0 bridgehead atoms. The molecular weight excluding hydrogens is 442 g/mol. The third-order valence-corrected chi connectivity index (χ3v) is 6.92. The van der Waals surface area contributed by atoms with Crippen molar-refractivity contribution in [3.05, 3.63) is 65.2 Å². The molecule has 8 nitrogen and oxygen atoms in total. The van der Waals surface area contributed by atoms with Gasteiger partial charge in [0.15, 0.2) is 0 Å². The SMILES string of the molecule is O=C(NCCc1ccc(Cl)cc1)C(=O)NCC1OCCCN1S(=O)(=O)c1ccccc1. The summed E-state index contributed by atoms with van der Waals surface area (Å²) in [6, 6.07) is 15.2. The Balaban J connectivity index is 1.51. The van der Waals surface area contributed by atoms with E-state index in [9.17, 15) is 18.0 Å². The summed E-state index contributed by atoms with van der Waals surface area (Å²) in [5.41, 5.74) is 0.975. The predicted octanol–water partition coefficient (Wildman–Crippen LogP) is 1.55. The van der Waals surface area contributed by atoms with E-state index in [1.54, 1.807) is 30.3 Å². The van der Waals surface area contributed by atoms with Crippen LogP contribution < -0.4 is 10.6 Å². The summed E-state index contributed by atoms with van der Waals surface area (Å²) in [5, 5.41) is 5.63. The summed E-state index contributed by atoms with van der Waals surface area (Å²) in [6.07, 6.45) is 0.206. The van der Waals surface area contributed by atoms with Crippen molar-refractivity contribution >= 4 is 33.4 Å². The lowest BCUT2D eigenvalue weighted by Crippen LogP contribution is -2.53. The van der Waals surface area contributed by atoms with Crippen LogP contribution in [0.4, 0.5) is 0 Å². The van der Waals surface area contributed by atoms with Gasteiger partial charge in [-0.25, -0.2) is 8.42 Å². The van der Waals surface area contributed by atoms with Gasteiger partial charge in [0.2, 0.25) is 10.0 Å². The lowest BCUT2D eigenvalue weighted by molar-refractivity contribution is -0.140. The maximum absolute atomic E-state index is 12.9. The van der Waals surface area contributed by atoms with Crippen LogP contribution in [0, 0.1) is 0 Å². The molecule has 0 radical (unpaired) electrons. The predicted molar refractivity (Wildman–Crippen MR) is 116 cm³/mol. The second kappa shape index (κ2) is 10.7. The van der Waals surface area contributed by atoms with E-state index in [1.807, 2.05) is 12.1 Å². The number of benzene rings is 2. The lowest BCUT2D eigenvalue weighted by atomic mass is 10.1. The number of sulfonamides is 1. The molecule has 1 aliphatic rings. The fourth-order valence-electron chi connectivity index (χ4n) is 3.14. The maximum atomic E-state index is 12.9. The van der Waals surface area contributed by atoms with Gasteiger partial charge in [-0.05, 0) is 42.7 Å². The van der Waals surface area contributed by atoms with Crippen LogP contribution in [-0.4, -0.2) is 57.0 Å². The second-order valence-corrected chi connectivity index (χ2v) is 9.28. The van der Waals surface area contributed by atoms with E-state index in [2.05, 4.69) is 10.6 Å². The van der Waals surface area contributed by atoms with Gasteiger partial charge in [-0.2, -0.15) is 4.31 Å². The molecule has 166 valence electrons. The van der Waals surface area contributed by atoms with E-state index >= 15 is 0 Å². The molecule has 31 heavy (non-hydrogen) atoms. The van der Waals surface area contributed by atoms with Crippen LogP contribution >= 0.6 is 11.6 Å². The zero-order chi connectivity index (χ0) is 22.3. The van der Waals surface area contributed by atoms with E-state index in [0.717, 1.165) is 5.56 Å². The molecule has 1 aliphatic heterocycles. The standard InChI is InChI=1S/C21H24ClN3O5S/c22-17-9-7-16(8-10-17)11-12-23-20(26)21(27)24-15-19-25(13-4-14-30-19)31(28,29)18-5-2-1-3-6-18/h1-3,5-10,19H,4,11-15H2,(H,23,26)(H,24,27). The number of halogens is 1. The highest BCUT2D eigenvalue weighted by atomic mass is 35.5. The van der Waals surface area contributed by atoms with E-state index < -0.39 is 28.1 Å². The number of carbonyl (C=O) groups is 2. The number of amides is 2. The van der Waals surface area contributed by atoms with Gasteiger partial charge in [0.25, 0.3) is 0 Å². The van der Waals surface area contributed by atoms with E-state index in [4.69, 9.17) is 16.3 Å². The van der Waals surface area contributed by atoms with Crippen molar-refractivity contribution in [3.63, 3.8) is 0 Å². The molecule has 3 rings (SSSR count). The van der Waals surface area contributed by atoms with Gasteiger partial charge in [-0.1, -0.05) is 41.9 Å². The van der Waals surface area contributed by atoms with Gasteiger partial charge in [0.05, 0.1) is 18.0 Å². The van der Waals surface area contributed by atoms with Crippen molar-refractivity contribution in [1.82, 2.24) is 14.9 Å². The van der Waals surface area contributed by atoms with Gasteiger partial charge in [0.1, 0.15) is 6.23 Å². The van der Waals surface area contributed by atoms with Crippen LogP contribution in [0.3, 0.4) is 0 Å². The molecule has 0 aliphatic carbocycles. The molecule has 2 N–H and O–H groups in total. The van der Waals surface area contributed by atoms with Crippen LogP contribution in [0.5, 0.6) is 0 Å². The number of nitrogens with one attached hydrogen (secondary N) is 2. The Kier molecular flexibility index (Phi) is 8.03. The molecule has 0 saturated carbocycles. The highest BCUT2D eigenvalue weighted by Gasteiger charge is 2.34. The minimum Gasteiger partial charge on any atom is -0.360 e. The summed E-state index contributed by atoms with van der Waals surface area (Å²) in [6.45, 7) is 0.789. The fourth-order valence-corrected chi connectivity index (χ4v) is 4.85. The molecule has 0 aromatic heterocycles. The van der Waals surface area contributed by atoms with Crippen molar-refractivity contribution < 1.29 is 22.7 Å². The number of hydrogen-bond acceptors (Lipinski definition) is 5. The first-order valence-electron chi connectivity index (χ1n) is 9.87. The van der Waals surface area contributed by atoms with Gasteiger partial charge >= 0.3 is 11.8 Å². The number of carbonyl (C=O) groups excluding carboxylic acids is 2. The third kappa shape index (κ3) is 6.27. The van der Waals surface area contributed by atoms with Gasteiger partial charge < -0.3 is 15.4 Å². The molecule has 1 saturated heterocycles. The van der Waals surface area contributed by atoms with Gasteiger partial charge in [-0.3, -0.25) is 9.59 Å². The summed E-state index contributed by atoms with van der Waals surface area (Å²) in [7, 11) is -3.78. The molecule has 1 unspecified atom stereocenters. The molecule has 1 fully saturated rings. The van der Waals surface area contributed by atoms with Crippen molar-refractivity contribution in [2.45, 2.75) is 24.0 Å². The first kappa shape index (κ1) is 23.2. The summed E-state index contributed by atoms with van der Waals surface area (Å²) in [5.74, 6) is -1.63. The van der Waals surface area contributed by atoms with Crippen LogP contribution in [0.25, 0.3) is 0 Å². The Morgan fingerprint density at radius 1 is 1.03 bits per heavy atom. The third-order valence-electron chi connectivity index (χ3n) is 4.76. The topological polar surface area (TPSA) is 105 Å². The van der Waals surface area contributed by atoms with Crippen LogP contribution in [-0.2, 0) is 30.8 Å². The van der Waals surface area contributed by atoms with Crippen molar-refractivity contribution in [2.24, 2.45) is 0 Å². The maximum Gasteiger partial charge on any atom is 0.309 e. The van der Waals surface area contributed by atoms with Crippen molar-refractivity contribution in [3.8, 4) is 0 Å². The minimum absolute atomic E-state index is 0.129. The quantitative estimate of drug-likeness (QED) is 0.604. The number of hydrogen-bond donors (Lipinski definition) is 2. The van der Waals surface area contributed by atoms with Crippen molar-refractivity contribution in [1.29, 1.82) is 0 Å². The smallest absolute Gasteiger partial charge is 0.309 e. The van der Waals surface area contributed by atoms with Crippen LogP contribution in [0.15, 0.2) is 59.5 Å². The molecule has 1 atom stereocenters. The zero-order valence-electron chi connectivity index (χ0n) is 16.8. The van der Waals surface area contributed by atoms with Gasteiger partial charge in [-0.15, -0.1) is 0 Å². The summed E-state index contributed by atoms with van der Waals surface area (Å²) < 4.78 is 32.6. The molecule has 10 heteroatoms. The normalized spacial score (nSPS) is 17.1. The minimum atomic E-state index is -3.78. The first-order valence-corrected chi connectivity index (χ1v) is 11.7. The molecule has 1 heterocycles. The lowest BCUT2D eigenvalue weighted by Gasteiger charge is -2.34. The highest BCUT2D eigenvalue weighted by Crippen LogP contribution is 2.21.